The van der Waals surface area contributed by atoms with Crippen molar-refractivity contribution in [2.45, 2.75) is 45.3 Å². The zero-order chi connectivity index (χ0) is 18.1. The third-order valence-electron chi connectivity index (χ3n) is 4.81. The van der Waals surface area contributed by atoms with Crippen LogP contribution in [0.2, 0.25) is 0 Å². The molecule has 136 valence electrons. The van der Waals surface area contributed by atoms with Gasteiger partial charge < -0.3 is 19.9 Å². The van der Waals surface area contributed by atoms with E-state index in [0.29, 0.717) is 30.0 Å². The van der Waals surface area contributed by atoms with Gasteiger partial charge in [0.25, 0.3) is 11.8 Å². The number of imidazole rings is 1. The van der Waals surface area contributed by atoms with Crippen molar-refractivity contribution < 1.29 is 14.3 Å². The third kappa shape index (κ3) is 3.16. The maximum absolute atomic E-state index is 12.6. The number of nitrogens with one attached hydrogen (secondary N) is 2. The van der Waals surface area contributed by atoms with Crippen molar-refractivity contribution in [1.29, 1.82) is 0 Å². The van der Waals surface area contributed by atoms with Crippen LogP contribution in [0.15, 0.2) is 24.4 Å². The van der Waals surface area contributed by atoms with Gasteiger partial charge in [-0.15, -0.1) is 0 Å². The molecule has 0 saturated carbocycles. The zero-order valence-electron chi connectivity index (χ0n) is 14.7. The molecule has 26 heavy (non-hydrogen) atoms. The first-order valence-corrected chi connectivity index (χ1v) is 9.05. The molecule has 0 radical (unpaired) electrons. The maximum atomic E-state index is 12.6. The lowest BCUT2D eigenvalue weighted by Gasteiger charge is -2.25. The van der Waals surface area contributed by atoms with E-state index in [4.69, 9.17) is 4.74 Å². The second-order valence-electron chi connectivity index (χ2n) is 6.74. The number of para-hydroxylation sites is 1. The van der Waals surface area contributed by atoms with E-state index in [1.165, 1.54) is 12.8 Å². The first kappa shape index (κ1) is 16.6. The lowest BCUT2D eigenvalue weighted by Crippen LogP contribution is -2.36. The molecular weight excluding hydrogens is 332 g/mol. The fourth-order valence-electron chi connectivity index (χ4n) is 3.40. The molecule has 2 N–H and O–H groups in total. The third-order valence-corrected chi connectivity index (χ3v) is 4.81. The van der Waals surface area contributed by atoms with Gasteiger partial charge in [0.15, 0.2) is 11.9 Å². The van der Waals surface area contributed by atoms with Crippen LogP contribution in [0.3, 0.4) is 0 Å². The molecule has 0 aliphatic carbocycles. The Morgan fingerprint density at radius 3 is 3.15 bits per heavy atom. The van der Waals surface area contributed by atoms with Crippen molar-refractivity contribution >= 4 is 17.5 Å². The average molecular weight is 354 g/mol. The van der Waals surface area contributed by atoms with E-state index < -0.39 is 6.10 Å². The van der Waals surface area contributed by atoms with E-state index in [0.717, 1.165) is 24.5 Å². The summed E-state index contributed by atoms with van der Waals surface area (Å²) in [4.78, 5) is 28.9. The molecule has 7 nitrogen and oxygen atoms in total. The number of nitrogens with zero attached hydrogens (tertiary/aromatic N) is 2. The van der Waals surface area contributed by atoms with Crippen LogP contribution in [0.25, 0.3) is 0 Å². The molecule has 0 spiro atoms. The van der Waals surface area contributed by atoms with Crippen molar-refractivity contribution in [2.75, 3.05) is 11.9 Å². The lowest BCUT2D eigenvalue weighted by molar-refractivity contribution is -0.122. The first-order chi connectivity index (χ1) is 12.6. The number of hydrogen-bond donors (Lipinski definition) is 2. The van der Waals surface area contributed by atoms with Gasteiger partial charge in [-0.05, 0) is 31.9 Å². The number of ether oxygens (including phenoxy) is 1. The maximum Gasteiger partial charge on any atom is 0.265 e. The quantitative estimate of drug-likeness (QED) is 0.878. The number of hydrogen-bond acceptors (Lipinski definition) is 4. The SMILES string of the molecule is CC1Oc2c(cccc2C(=O)NCCc2cn3c(n2)CCCC3)NC1=O. The minimum absolute atomic E-state index is 0.209. The highest BCUT2D eigenvalue weighted by Crippen LogP contribution is 2.33. The van der Waals surface area contributed by atoms with Crippen LogP contribution in [-0.4, -0.2) is 34.0 Å². The van der Waals surface area contributed by atoms with Gasteiger partial charge in [-0.2, -0.15) is 0 Å². The minimum atomic E-state index is -0.617. The Hall–Kier alpha value is -2.83. The van der Waals surface area contributed by atoms with Gasteiger partial charge >= 0.3 is 0 Å². The molecule has 0 fully saturated rings. The molecule has 2 amide bonds. The molecule has 1 atom stereocenters. The summed E-state index contributed by atoms with van der Waals surface area (Å²) in [6.07, 6.45) is 5.59. The fourth-order valence-corrected chi connectivity index (χ4v) is 3.40. The second-order valence-corrected chi connectivity index (χ2v) is 6.74. The summed E-state index contributed by atoms with van der Waals surface area (Å²) in [5.41, 5.74) is 1.97. The van der Waals surface area contributed by atoms with Gasteiger partial charge in [0.2, 0.25) is 0 Å². The summed E-state index contributed by atoms with van der Waals surface area (Å²) < 4.78 is 7.84. The number of aryl methyl sites for hydroxylation is 2. The van der Waals surface area contributed by atoms with Gasteiger partial charge in [-0.3, -0.25) is 9.59 Å². The smallest absolute Gasteiger partial charge is 0.265 e. The van der Waals surface area contributed by atoms with Gasteiger partial charge in [-0.1, -0.05) is 6.07 Å². The predicted molar refractivity (Wildman–Crippen MR) is 96.4 cm³/mol. The highest BCUT2D eigenvalue weighted by Gasteiger charge is 2.27. The molecule has 3 heterocycles. The lowest BCUT2D eigenvalue weighted by atomic mass is 10.1. The van der Waals surface area contributed by atoms with Crippen LogP contribution in [0.5, 0.6) is 5.75 Å². The van der Waals surface area contributed by atoms with Crippen LogP contribution < -0.4 is 15.4 Å². The highest BCUT2D eigenvalue weighted by atomic mass is 16.5. The van der Waals surface area contributed by atoms with Crippen LogP contribution >= 0.6 is 0 Å². The molecule has 2 aromatic rings. The van der Waals surface area contributed by atoms with Crippen LogP contribution in [0.4, 0.5) is 5.69 Å². The second kappa shape index (κ2) is 6.82. The standard InChI is InChI=1S/C19H22N4O3/c1-12-18(24)22-15-6-4-5-14(17(15)26-12)19(25)20-9-8-13-11-23-10-3-2-7-16(23)21-13/h4-6,11-12H,2-3,7-10H2,1H3,(H,20,25)(H,22,24). The number of amides is 2. The Morgan fingerprint density at radius 1 is 1.42 bits per heavy atom. The molecule has 4 rings (SSSR count). The van der Waals surface area contributed by atoms with Crippen molar-refractivity contribution in [2.24, 2.45) is 0 Å². The minimum Gasteiger partial charge on any atom is -0.478 e. The summed E-state index contributed by atoms with van der Waals surface area (Å²) in [5.74, 6) is 1.15. The monoisotopic (exact) mass is 354 g/mol. The summed E-state index contributed by atoms with van der Waals surface area (Å²) >= 11 is 0. The topological polar surface area (TPSA) is 85.2 Å². The van der Waals surface area contributed by atoms with Crippen molar-refractivity contribution in [3.63, 3.8) is 0 Å². The average Bonchev–Trinajstić information content (AvgIpc) is 3.05. The fraction of sp³-hybridized carbons (Fsp3) is 0.421. The molecule has 1 unspecified atom stereocenters. The van der Waals surface area contributed by atoms with Crippen LogP contribution in [-0.2, 0) is 24.2 Å². The van der Waals surface area contributed by atoms with Crippen LogP contribution in [0, 0.1) is 0 Å². The summed E-state index contributed by atoms with van der Waals surface area (Å²) in [7, 11) is 0. The Labute approximate surface area is 151 Å². The Bertz CT molecular complexity index is 835. The van der Waals surface area contributed by atoms with Gasteiger partial charge in [-0.25, -0.2) is 4.98 Å². The van der Waals surface area contributed by atoms with E-state index >= 15 is 0 Å². The van der Waals surface area contributed by atoms with Crippen molar-refractivity contribution in [3.05, 3.63) is 41.5 Å². The normalized spacial score (nSPS) is 18.3. The van der Waals surface area contributed by atoms with Gasteiger partial charge in [0.1, 0.15) is 5.82 Å². The number of carbonyl (C=O) groups excluding carboxylic acids is 2. The number of carbonyl (C=O) groups is 2. The van der Waals surface area contributed by atoms with Crippen molar-refractivity contribution in [3.8, 4) is 5.75 Å². The molecule has 0 bridgehead atoms. The molecule has 1 aromatic heterocycles. The molecule has 1 aromatic carbocycles. The molecule has 2 aliphatic rings. The number of aromatic nitrogens is 2. The molecule has 7 heteroatoms. The van der Waals surface area contributed by atoms with Crippen molar-refractivity contribution in [1.82, 2.24) is 14.9 Å². The molecule has 0 saturated heterocycles. The zero-order valence-corrected chi connectivity index (χ0v) is 14.7. The van der Waals surface area contributed by atoms with Gasteiger partial charge in [0, 0.05) is 32.1 Å². The number of fused-ring (bicyclic) bond motifs is 2. The van der Waals surface area contributed by atoms with E-state index in [9.17, 15) is 9.59 Å². The number of anilines is 1. The Morgan fingerprint density at radius 2 is 2.31 bits per heavy atom. The van der Waals surface area contributed by atoms with E-state index in [2.05, 4.69) is 26.4 Å². The van der Waals surface area contributed by atoms with Crippen LogP contribution in [0.1, 0.15) is 41.6 Å². The number of rotatable bonds is 4. The molecular formula is C19H22N4O3. The highest BCUT2D eigenvalue weighted by molar-refractivity contribution is 6.03. The van der Waals surface area contributed by atoms with E-state index in [1.54, 1.807) is 25.1 Å². The largest absolute Gasteiger partial charge is 0.478 e. The first-order valence-electron chi connectivity index (χ1n) is 9.05. The summed E-state index contributed by atoms with van der Waals surface area (Å²) in [6, 6.07) is 5.16. The number of benzene rings is 1. The Kier molecular flexibility index (Phi) is 4.36. The summed E-state index contributed by atoms with van der Waals surface area (Å²) in [6.45, 7) is 3.19. The molecule has 2 aliphatic heterocycles. The van der Waals surface area contributed by atoms with E-state index in [-0.39, 0.29) is 11.8 Å². The Balaban J connectivity index is 1.40. The predicted octanol–water partition coefficient (Wildman–Crippen LogP) is 1.91. The van der Waals surface area contributed by atoms with Gasteiger partial charge in [0.05, 0.1) is 16.9 Å². The van der Waals surface area contributed by atoms with E-state index in [1.807, 2.05) is 0 Å². The summed E-state index contributed by atoms with van der Waals surface area (Å²) in [5, 5.41) is 5.68.